The van der Waals surface area contributed by atoms with Crippen molar-refractivity contribution in [1.29, 1.82) is 0 Å². The molecular weight excluding hydrogens is 312 g/mol. The minimum absolute atomic E-state index is 0.0238. The Balaban J connectivity index is 1.74. The van der Waals surface area contributed by atoms with Gasteiger partial charge < -0.3 is 10.2 Å². The summed E-state index contributed by atoms with van der Waals surface area (Å²) in [4.78, 5) is 11.0. The number of nitrogens with zero attached hydrogens (tertiary/aromatic N) is 3. The summed E-state index contributed by atoms with van der Waals surface area (Å²) in [5.41, 5.74) is 0.904. The molecule has 1 aliphatic heterocycles. The molecule has 2 heterocycles. The largest absolute Gasteiger partial charge is 0.367 e. The summed E-state index contributed by atoms with van der Waals surface area (Å²) in [6, 6.07) is 2.43. The van der Waals surface area contributed by atoms with Crippen molar-refractivity contribution in [2.45, 2.75) is 57.5 Å². The van der Waals surface area contributed by atoms with Crippen LogP contribution < -0.4 is 10.2 Å². The highest BCUT2D eigenvalue weighted by Gasteiger charge is 2.32. The van der Waals surface area contributed by atoms with Gasteiger partial charge in [0, 0.05) is 30.9 Å². The van der Waals surface area contributed by atoms with Gasteiger partial charge in [-0.15, -0.1) is 0 Å². The minimum Gasteiger partial charge on any atom is -0.367 e. The highest BCUT2D eigenvalue weighted by molar-refractivity contribution is 7.91. The number of aromatic nitrogens is 2. The van der Waals surface area contributed by atoms with Crippen LogP contribution in [-0.2, 0) is 9.84 Å². The molecule has 2 aliphatic rings. The van der Waals surface area contributed by atoms with Gasteiger partial charge in [-0.1, -0.05) is 19.3 Å². The van der Waals surface area contributed by atoms with Crippen molar-refractivity contribution in [3.63, 3.8) is 0 Å². The Bertz CT molecular complexity index is 656. The standard InChI is InChI=1S/C16H26N4O2S/c1-12-10-15(18-13-6-4-3-5-7-13)19-16(17-12)20(2)14-8-9-23(21,22)11-14/h10,13-14H,3-9,11H2,1-2H3,(H,17,18,19). The highest BCUT2D eigenvalue weighted by atomic mass is 32.2. The molecule has 1 atom stereocenters. The first-order chi connectivity index (χ1) is 10.9. The van der Waals surface area contributed by atoms with Gasteiger partial charge >= 0.3 is 0 Å². The molecule has 6 nitrogen and oxygen atoms in total. The zero-order valence-electron chi connectivity index (χ0n) is 14.0. The van der Waals surface area contributed by atoms with E-state index in [1.54, 1.807) is 0 Å². The van der Waals surface area contributed by atoms with Gasteiger partial charge in [0.1, 0.15) is 5.82 Å². The first-order valence-corrected chi connectivity index (χ1v) is 10.3. The summed E-state index contributed by atoms with van der Waals surface area (Å²) < 4.78 is 23.4. The number of hydrogen-bond acceptors (Lipinski definition) is 6. The second-order valence-electron chi connectivity index (χ2n) is 6.84. The van der Waals surface area contributed by atoms with E-state index in [9.17, 15) is 8.42 Å². The average Bonchev–Trinajstić information content (AvgIpc) is 2.87. The van der Waals surface area contributed by atoms with Crippen molar-refractivity contribution < 1.29 is 8.42 Å². The maximum atomic E-state index is 11.7. The van der Waals surface area contributed by atoms with Crippen LogP contribution in [0.5, 0.6) is 0 Å². The lowest BCUT2D eigenvalue weighted by molar-refractivity contribution is 0.461. The van der Waals surface area contributed by atoms with E-state index < -0.39 is 9.84 Å². The summed E-state index contributed by atoms with van der Waals surface area (Å²) >= 11 is 0. The Labute approximate surface area is 138 Å². The monoisotopic (exact) mass is 338 g/mol. The first-order valence-electron chi connectivity index (χ1n) is 8.48. The Hall–Kier alpha value is -1.37. The Morgan fingerprint density at radius 1 is 1.17 bits per heavy atom. The van der Waals surface area contributed by atoms with Gasteiger partial charge in [0.05, 0.1) is 11.5 Å². The van der Waals surface area contributed by atoms with Crippen LogP contribution in [0.3, 0.4) is 0 Å². The lowest BCUT2D eigenvalue weighted by Gasteiger charge is -2.26. The zero-order chi connectivity index (χ0) is 16.4. The van der Waals surface area contributed by atoms with Crippen LogP contribution in [0.4, 0.5) is 11.8 Å². The molecule has 0 amide bonds. The second kappa shape index (κ2) is 6.63. The number of aryl methyl sites for hydroxylation is 1. The first kappa shape index (κ1) is 16.5. The fourth-order valence-electron chi connectivity index (χ4n) is 3.48. The topological polar surface area (TPSA) is 75.2 Å². The fourth-order valence-corrected chi connectivity index (χ4v) is 5.26. The molecule has 0 aromatic carbocycles. The molecule has 0 spiro atoms. The summed E-state index contributed by atoms with van der Waals surface area (Å²) in [5, 5.41) is 3.53. The molecule has 7 heteroatoms. The van der Waals surface area contributed by atoms with Crippen LogP contribution in [0.2, 0.25) is 0 Å². The van der Waals surface area contributed by atoms with Gasteiger partial charge in [-0.3, -0.25) is 0 Å². The zero-order valence-corrected chi connectivity index (χ0v) is 14.8. The second-order valence-corrected chi connectivity index (χ2v) is 9.07. The van der Waals surface area contributed by atoms with E-state index in [0.29, 0.717) is 18.4 Å². The van der Waals surface area contributed by atoms with E-state index in [2.05, 4.69) is 15.3 Å². The molecule has 23 heavy (non-hydrogen) atoms. The molecule has 3 rings (SSSR count). The third kappa shape index (κ3) is 4.13. The van der Waals surface area contributed by atoms with Gasteiger partial charge in [0.15, 0.2) is 9.84 Å². The predicted octanol–water partition coefficient (Wildman–Crippen LogP) is 2.15. The van der Waals surface area contributed by atoms with E-state index in [4.69, 9.17) is 0 Å². The average molecular weight is 338 g/mol. The molecular formula is C16H26N4O2S. The predicted molar refractivity (Wildman–Crippen MR) is 92.7 cm³/mol. The minimum atomic E-state index is -2.90. The smallest absolute Gasteiger partial charge is 0.227 e. The fraction of sp³-hybridized carbons (Fsp3) is 0.750. The van der Waals surface area contributed by atoms with Gasteiger partial charge in [-0.25, -0.2) is 13.4 Å². The molecule has 128 valence electrons. The quantitative estimate of drug-likeness (QED) is 0.907. The van der Waals surface area contributed by atoms with Crippen LogP contribution in [0.1, 0.15) is 44.2 Å². The molecule has 1 saturated carbocycles. The van der Waals surface area contributed by atoms with Crippen LogP contribution in [0.15, 0.2) is 6.07 Å². The van der Waals surface area contributed by atoms with Crippen molar-refractivity contribution >= 4 is 21.6 Å². The molecule has 0 radical (unpaired) electrons. The normalized spacial score (nSPS) is 24.5. The SMILES string of the molecule is Cc1cc(NC2CCCCC2)nc(N(C)C2CCS(=O)(=O)C2)n1. The maximum absolute atomic E-state index is 11.7. The highest BCUT2D eigenvalue weighted by Crippen LogP contribution is 2.24. The van der Waals surface area contributed by atoms with E-state index in [1.165, 1.54) is 32.1 Å². The summed E-state index contributed by atoms with van der Waals surface area (Å²) in [6.07, 6.45) is 6.90. The molecule has 1 aromatic heterocycles. The molecule has 1 N–H and O–H groups in total. The summed E-state index contributed by atoms with van der Waals surface area (Å²) in [5.74, 6) is 1.94. The van der Waals surface area contributed by atoms with Gasteiger partial charge in [0.2, 0.25) is 5.95 Å². The Morgan fingerprint density at radius 3 is 2.57 bits per heavy atom. The van der Waals surface area contributed by atoms with Crippen molar-refractivity contribution in [1.82, 2.24) is 9.97 Å². The molecule has 1 aromatic rings. The van der Waals surface area contributed by atoms with Crippen molar-refractivity contribution in [2.24, 2.45) is 0 Å². The number of nitrogens with one attached hydrogen (secondary N) is 1. The van der Waals surface area contributed by atoms with Crippen LogP contribution >= 0.6 is 0 Å². The van der Waals surface area contributed by atoms with Crippen LogP contribution in [0.25, 0.3) is 0 Å². The van der Waals surface area contributed by atoms with Gasteiger partial charge in [0.25, 0.3) is 0 Å². The van der Waals surface area contributed by atoms with E-state index >= 15 is 0 Å². The molecule has 2 fully saturated rings. The van der Waals surface area contributed by atoms with Crippen molar-refractivity contribution in [3.05, 3.63) is 11.8 Å². The molecule has 1 saturated heterocycles. The van der Waals surface area contributed by atoms with Gasteiger partial charge in [-0.2, -0.15) is 4.98 Å². The Morgan fingerprint density at radius 2 is 1.91 bits per heavy atom. The lowest BCUT2D eigenvalue weighted by Crippen LogP contribution is -2.34. The molecule has 1 unspecified atom stereocenters. The van der Waals surface area contributed by atoms with Crippen LogP contribution in [0, 0.1) is 6.92 Å². The Kier molecular flexibility index (Phi) is 4.75. The van der Waals surface area contributed by atoms with E-state index in [0.717, 1.165) is 11.5 Å². The van der Waals surface area contributed by atoms with Crippen LogP contribution in [-0.4, -0.2) is 49.0 Å². The number of anilines is 2. The number of rotatable bonds is 4. The third-order valence-corrected chi connectivity index (χ3v) is 6.62. The molecule has 0 bridgehead atoms. The van der Waals surface area contributed by atoms with E-state index in [1.807, 2.05) is 24.9 Å². The lowest BCUT2D eigenvalue weighted by atomic mass is 9.95. The van der Waals surface area contributed by atoms with Crippen molar-refractivity contribution in [2.75, 3.05) is 28.8 Å². The maximum Gasteiger partial charge on any atom is 0.227 e. The van der Waals surface area contributed by atoms with Gasteiger partial charge in [-0.05, 0) is 26.2 Å². The summed E-state index contributed by atoms with van der Waals surface area (Å²) in [6.45, 7) is 1.95. The summed E-state index contributed by atoms with van der Waals surface area (Å²) in [7, 11) is -1.01. The van der Waals surface area contributed by atoms with Crippen molar-refractivity contribution in [3.8, 4) is 0 Å². The van der Waals surface area contributed by atoms with E-state index in [-0.39, 0.29) is 17.5 Å². The number of sulfone groups is 1. The number of hydrogen-bond donors (Lipinski definition) is 1. The third-order valence-electron chi connectivity index (χ3n) is 4.87. The molecule has 1 aliphatic carbocycles.